The van der Waals surface area contributed by atoms with Gasteiger partial charge in [-0.2, -0.15) is 0 Å². The highest BCUT2D eigenvalue weighted by Gasteiger charge is 2.49. The van der Waals surface area contributed by atoms with Gasteiger partial charge < -0.3 is 14.7 Å². The van der Waals surface area contributed by atoms with Crippen LogP contribution in [-0.4, -0.2) is 34.6 Å². The number of amides is 1. The minimum Gasteiger partial charge on any atom is -0.497 e. The van der Waals surface area contributed by atoms with E-state index in [9.17, 15) is 9.90 Å². The van der Waals surface area contributed by atoms with E-state index in [1.807, 2.05) is 36.4 Å². The maximum absolute atomic E-state index is 13.1. The third kappa shape index (κ3) is 2.86. The third-order valence-corrected chi connectivity index (χ3v) is 4.99. The zero-order chi connectivity index (χ0) is 18.9. The predicted octanol–water partition coefficient (Wildman–Crippen LogP) is 2.98. The molecule has 0 radical (unpaired) electrons. The van der Waals surface area contributed by atoms with Crippen LogP contribution in [0.4, 0.5) is 0 Å². The van der Waals surface area contributed by atoms with E-state index >= 15 is 0 Å². The summed E-state index contributed by atoms with van der Waals surface area (Å²) in [4.78, 5) is 18.7. The van der Waals surface area contributed by atoms with Crippen molar-refractivity contribution in [3.63, 3.8) is 0 Å². The summed E-state index contributed by atoms with van der Waals surface area (Å²) in [5.41, 5.74) is 1.20. The highest BCUT2D eigenvalue weighted by atomic mass is 16.5. The lowest BCUT2D eigenvalue weighted by Gasteiger charge is -2.34. The van der Waals surface area contributed by atoms with E-state index in [2.05, 4.69) is 4.98 Å². The van der Waals surface area contributed by atoms with E-state index in [4.69, 9.17) is 4.74 Å². The molecular formula is C22H20N2O3. The fourth-order valence-corrected chi connectivity index (χ4v) is 3.62. The summed E-state index contributed by atoms with van der Waals surface area (Å²) in [6.45, 7) is 0.367. The molecule has 3 aromatic rings. The Labute approximate surface area is 157 Å². The zero-order valence-corrected chi connectivity index (χ0v) is 15.0. The van der Waals surface area contributed by atoms with Crippen LogP contribution in [0.25, 0.3) is 0 Å². The first kappa shape index (κ1) is 17.2. The van der Waals surface area contributed by atoms with Crippen LogP contribution in [0.5, 0.6) is 5.75 Å². The van der Waals surface area contributed by atoms with E-state index in [1.54, 1.807) is 43.8 Å². The van der Waals surface area contributed by atoms with Gasteiger partial charge in [-0.15, -0.1) is 0 Å². The number of nitrogens with zero attached hydrogens (tertiary/aromatic N) is 2. The van der Waals surface area contributed by atoms with Gasteiger partial charge in [0.05, 0.1) is 7.11 Å². The number of carbonyl (C=O) groups is 1. The monoisotopic (exact) mass is 360 g/mol. The fraction of sp³-hybridized carbons (Fsp3) is 0.182. The highest BCUT2D eigenvalue weighted by Crippen LogP contribution is 2.41. The Hall–Kier alpha value is -3.18. The molecule has 5 nitrogen and oxygen atoms in total. The summed E-state index contributed by atoms with van der Waals surface area (Å²) in [5, 5.41) is 11.7. The van der Waals surface area contributed by atoms with Crippen molar-refractivity contribution < 1.29 is 14.6 Å². The van der Waals surface area contributed by atoms with Crippen molar-refractivity contribution in [3.8, 4) is 5.75 Å². The SMILES string of the molecule is COc1cccc(CCN2C(=O)c3ccccc3C2(O)c2cccnc2)c1. The topological polar surface area (TPSA) is 62.7 Å². The van der Waals surface area contributed by atoms with Crippen LogP contribution in [0.1, 0.15) is 27.0 Å². The first-order chi connectivity index (χ1) is 13.1. The number of methoxy groups -OCH3 is 1. The Morgan fingerprint density at radius 2 is 1.96 bits per heavy atom. The van der Waals surface area contributed by atoms with Gasteiger partial charge in [-0.05, 0) is 36.2 Å². The minimum atomic E-state index is -1.53. The maximum Gasteiger partial charge on any atom is 0.257 e. The predicted molar refractivity (Wildman–Crippen MR) is 101 cm³/mol. The molecule has 1 unspecified atom stereocenters. The average Bonchev–Trinajstić information content (AvgIpc) is 2.95. The quantitative estimate of drug-likeness (QED) is 0.760. The fourth-order valence-electron chi connectivity index (χ4n) is 3.62. The second kappa shape index (κ2) is 6.85. The Balaban J connectivity index is 1.71. The van der Waals surface area contributed by atoms with Crippen LogP contribution < -0.4 is 4.74 Å². The molecule has 0 fully saturated rings. The van der Waals surface area contributed by atoms with E-state index in [-0.39, 0.29) is 5.91 Å². The Kier molecular flexibility index (Phi) is 4.38. The first-order valence-corrected chi connectivity index (χ1v) is 8.82. The molecule has 1 aromatic heterocycles. The number of hydrogen-bond acceptors (Lipinski definition) is 4. The number of ether oxygens (including phenoxy) is 1. The van der Waals surface area contributed by atoms with E-state index in [0.29, 0.717) is 29.7 Å². The Morgan fingerprint density at radius 3 is 2.74 bits per heavy atom. The first-order valence-electron chi connectivity index (χ1n) is 8.82. The number of aliphatic hydroxyl groups is 1. The molecule has 0 aliphatic carbocycles. The summed E-state index contributed by atoms with van der Waals surface area (Å²) in [6.07, 6.45) is 3.85. The van der Waals surface area contributed by atoms with Crippen LogP contribution in [0.3, 0.4) is 0 Å². The Bertz CT molecular complexity index is 974. The molecule has 27 heavy (non-hydrogen) atoms. The number of rotatable bonds is 5. The molecule has 5 heteroatoms. The second-order valence-corrected chi connectivity index (χ2v) is 6.52. The van der Waals surface area contributed by atoms with Gasteiger partial charge in [-0.25, -0.2) is 0 Å². The molecule has 0 bridgehead atoms. The van der Waals surface area contributed by atoms with Crippen molar-refractivity contribution in [2.45, 2.75) is 12.1 Å². The number of benzene rings is 2. The molecule has 2 heterocycles. The van der Waals surface area contributed by atoms with Crippen molar-refractivity contribution in [1.29, 1.82) is 0 Å². The molecular weight excluding hydrogens is 340 g/mol. The number of pyridine rings is 1. The van der Waals surface area contributed by atoms with Crippen molar-refractivity contribution >= 4 is 5.91 Å². The van der Waals surface area contributed by atoms with Gasteiger partial charge in [0.25, 0.3) is 5.91 Å². The average molecular weight is 360 g/mol. The lowest BCUT2D eigenvalue weighted by atomic mass is 9.95. The summed E-state index contributed by atoms with van der Waals surface area (Å²) in [6, 6.07) is 18.5. The molecule has 136 valence electrons. The summed E-state index contributed by atoms with van der Waals surface area (Å²) < 4.78 is 5.27. The van der Waals surface area contributed by atoms with Gasteiger partial charge in [0.2, 0.25) is 0 Å². The van der Waals surface area contributed by atoms with Gasteiger partial charge in [-0.3, -0.25) is 9.78 Å². The molecule has 0 saturated heterocycles. The van der Waals surface area contributed by atoms with Crippen molar-refractivity contribution in [2.24, 2.45) is 0 Å². The molecule has 1 amide bonds. The number of hydrogen-bond donors (Lipinski definition) is 1. The van der Waals surface area contributed by atoms with Gasteiger partial charge in [0, 0.05) is 35.6 Å². The van der Waals surface area contributed by atoms with Gasteiger partial charge in [-0.1, -0.05) is 36.4 Å². The Morgan fingerprint density at radius 1 is 1.11 bits per heavy atom. The van der Waals surface area contributed by atoms with Gasteiger partial charge in [0.15, 0.2) is 5.72 Å². The highest BCUT2D eigenvalue weighted by molar-refractivity contribution is 6.00. The third-order valence-electron chi connectivity index (χ3n) is 4.99. The molecule has 0 saturated carbocycles. The van der Waals surface area contributed by atoms with Crippen molar-refractivity contribution in [3.05, 3.63) is 95.3 Å². The van der Waals surface area contributed by atoms with Gasteiger partial charge >= 0.3 is 0 Å². The molecule has 4 rings (SSSR count). The summed E-state index contributed by atoms with van der Waals surface area (Å²) in [5.74, 6) is 0.589. The summed E-state index contributed by atoms with van der Waals surface area (Å²) in [7, 11) is 1.63. The van der Waals surface area contributed by atoms with Crippen LogP contribution in [-0.2, 0) is 12.1 Å². The second-order valence-electron chi connectivity index (χ2n) is 6.52. The lowest BCUT2D eigenvalue weighted by Crippen LogP contribution is -2.45. The number of fused-ring (bicyclic) bond motifs is 1. The zero-order valence-electron chi connectivity index (χ0n) is 15.0. The van der Waals surface area contributed by atoms with Crippen LogP contribution in [0.15, 0.2) is 73.1 Å². The standard InChI is InChI=1S/C22H20N2O3/c1-27-18-8-4-6-16(14-18)11-13-24-21(25)19-9-2-3-10-20(19)22(24,26)17-7-5-12-23-15-17/h2-10,12,14-15,26H,11,13H2,1H3. The minimum absolute atomic E-state index is 0.181. The van der Waals surface area contributed by atoms with Crippen molar-refractivity contribution in [1.82, 2.24) is 9.88 Å². The van der Waals surface area contributed by atoms with Gasteiger partial charge in [0.1, 0.15) is 5.75 Å². The molecule has 2 aromatic carbocycles. The molecule has 1 aliphatic rings. The van der Waals surface area contributed by atoms with E-state index < -0.39 is 5.72 Å². The lowest BCUT2D eigenvalue weighted by molar-refractivity contribution is -0.0496. The van der Waals surface area contributed by atoms with Crippen LogP contribution in [0.2, 0.25) is 0 Å². The maximum atomic E-state index is 13.1. The number of aromatic nitrogens is 1. The smallest absolute Gasteiger partial charge is 0.257 e. The van der Waals surface area contributed by atoms with Crippen LogP contribution >= 0.6 is 0 Å². The van der Waals surface area contributed by atoms with E-state index in [0.717, 1.165) is 11.3 Å². The summed E-state index contributed by atoms with van der Waals surface area (Å²) >= 11 is 0. The molecule has 0 spiro atoms. The normalized spacial score (nSPS) is 18.4. The number of carbonyl (C=O) groups excluding carboxylic acids is 1. The molecule has 1 atom stereocenters. The van der Waals surface area contributed by atoms with E-state index in [1.165, 1.54) is 4.90 Å². The largest absolute Gasteiger partial charge is 0.497 e. The van der Waals surface area contributed by atoms with Crippen LogP contribution in [0, 0.1) is 0 Å². The van der Waals surface area contributed by atoms with Crippen molar-refractivity contribution in [2.75, 3.05) is 13.7 Å². The molecule has 1 N–H and O–H groups in total. The molecule has 1 aliphatic heterocycles.